The second-order valence-corrected chi connectivity index (χ2v) is 9.21. The van der Waals surface area contributed by atoms with Gasteiger partial charge in [0, 0.05) is 20.4 Å². The van der Waals surface area contributed by atoms with Gasteiger partial charge in [-0.2, -0.15) is 0 Å². The SMILES string of the molecule is COc1cc(Br)c([C@@H]2OC[C@@]3(O)[C@H](c4cc(OC)c(OC)cc4Br)OC[C@@H]23)cc1OC. The third-order valence-corrected chi connectivity index (χ3v) is 7.37. The van der Waals surface area contributed by atoms with Gasteiger partial charge in [0.1, 0.15) is 11.7 Å². The van der Waals surface area contributed by atoms with E-state index in [-0.39, 0.29) is 18.6 Å². The molecule has 7 nitrogen and oxygen atoms in total. The van der Waals surface area contributed by atoms with Crippen molar-refractivity contribution in [1.29, 1.82) is 0 Å². The van der Waals surface area contributed by atoms with E-state index in [1.807, 2.05) is 24.3 Å². The lowest BCUT2D eigenvalue weighted by Crippen LogP contribution is -2.39. The van der Waals surface area contributed by atoms with E-state index in [4.69, 9.17) is 28.4 Å². The Kier molecular flexibility index (Phi) is 6.42. The summed E-state index contributed by atoms with van der Waals surface area (Å²) in [6.07, 6.45) is -0.960. The van der Waals surface area contributed by atoms with Gasteiger partial charge in [-0.1, -0.05) is 31.9 Å². The smallest absolute Gasteiger partial charge is 0.161 e. The van der Waals surface area contributed by atoms with Gasteiger partial charge >= 0.3 is 0 Å². The van der Waals surface area contributed by atoms with Crippen molar-refractivity contribution in [1.82, 2.24) is 0 Å². The molecule has 0 bridgehead atoms. The van der Waals surface area contributed by atoms with Crippen LogP contribution in [0.2, 0.25) is 0 Å². The van der Waals surface area contributed by atoms with Crippen LogP contribution in [0.4, 0.5) is 0 Å². The predicted molar refractivity (Wildman–Crippen MR) is 120 cm³/mol. The minimum Gasteiger partial charge on any atom is -0.493 e. The predicted octanol–water partition coefficient (Wildman–Crippen LogP) is 4.44. The molecule has 2 fully saturated rings. The van der Waals surface area contributed by atoms with E-state index in [1.54, 1.807) is 28.4 Å². The molecule has 4 rings (SSSR count). The van der Waals surface area contributed by atoms with Crippen molar-refractivity contribution in [3.63, 3.8) is 0 Å². The van der Waals surface area contributed by atoms with Crippen molar-refractivity contribution in [3.8, 4) is 23.0 Å². The molecule has 2 saturated heterocycles. The summed E-state index contributed by atoms with van der Waals surface area (Å²) in [5.41, 5.74) is 0.437. The van der Waals surface area contributed by atoms with Crippen molar-refractivity contribution in [2.45, 2.75) is 17.8 Å². The first kappa shape index (κ1) is 22.7. The molecule has 2 aromatic carbocycles. The highest BCUT2D eigenvalue weighted by Gasteiger charge is 2.60. The second-order valence-electron chi connectivity index (χ2n) is 7.50. The molecule has 2 aliphatic rings. The lowest BCUT2D eigenvalue weighted by molar-refractivity contribution is -0.0632. The van der Waals surface area contributed by atoms with Gasteiger partial charge in [0.2, 0.25) is 0 Å². The highest BCUT2D eigenvalue weighted by molar-refractivity contribution is 9.10. The second kappa shape index (κ2) is 8.78. The summed E-state index contributed by atoms with van der Waals surface area (Å²) in [6.45, 7) is 0.474. The van der Waals surface area contributed by atoms with Crippen LogP contribution >= 0.6 is 31.9 Å². The normalized spacial score (nSPS) is 27.1. The number of halogens is 2. The summed E-state index contributed by atoms with van der Waals surface area (Å²) in [6, 6.07) is 7.35. The average molecular weight is 560 g/mol. The maximum Gasteiger partial charge on any atom is 0.161 e. The maximum atomic E-state index is 11.7. The summed E-state index contributed by atoms with van der Waals surface area (Å²) in [7, 11) is 6.33. The van der Waals surface area contributed by atoms with Gasteiger partial charge in [-0.05, 0) is 29.8 Å². The van der Waals surface area contributed by atoms with Crippen LogP contribution in [0.25, 0.3) is 0 Å². The first-order chi connectivity index (χ1) is 14.9. The van der Waals surface area contributed by atoms with Gasteiger partial charge in [0.25, 0.3) is 0 Å². The number of rotatable bonds is 6. The Bertz CT molecular complexity index is 983. The molecule has 2 aliphatic heterocycles. The fourth-order valence-corrected chi connectivity index (χ4v) is 5.46. The topological polar surface area (TPSA) is 75.6 Å². The third kappa shape index (κ3) is 3.70. The zero-order valence-corrected chi connectivity index (χ0v) is 20.8. The number of hydrogen-bond donors (Lipinski definition) is 1. The molecule has 2 aromatic rings. The summed E-state index contributed by atoms with van der Waals surface area (Å²) in [5.74, 6) is 2.09. The number of benzene rings is 2. The van der Waals surface area contributed by atoms with Crippen LogP contribution in [-0.2, 0) is 9.47 Å². The summed E-state index contributed by atoms with van der Waals surface area (Å²) >= 11 is 7.19. The molecule has 168 valence electrons. The Balaban J connectivity index is 1.69. The van der Waals surface area contributed by atoms with Gasteiger partial charge in [-0.15, -0.1) is 0 Å². The van der Waals surface area contributed by atoms with Gasteiger partial charge in [-0.3, -0.25) is 0 Å². The average Bonchev–Trinajstić information content (AvgIpc) is 3.27. The first-order valence-corrected chi connectivity index (χ1v) is 11.2. The fourth-order valence-electron chi connectivity index (χ4n) is 4.38. The first-order valence-electron chi connectivity index (χ1n) is 9.66. The van der Waals surface area contributed by atoms with E-state index in [0.717, 1.165) is 20.1 Å². The summed E-state index contributed by atoms with van der Waals surface area (Å²) in [5, 5.41) is 11.7. The number of hydrogen-bond acceptors (Lipinski definition) is 7. The Morgan fingerprint density at radius 3 is 1.84 bits per heavy atom. The van der Waals surface area contributed by atoms with E-state index >= 15 is 0 Å². The molecule has 2 heterocycles. The highest BCUT2D eigenvalue weighted by atomic mass is 79.9. The lowest BCUT2D eigenvalue weighted by atomic mass is 9.81. The summed E-state index contributed by atoms with van der Waals surface area (Å²) < 4.78 is 35.5. The molecule has 0 aliphatic carbocycles. The van der Waals surface area contributed by atoms with Crippen molar-refractivity contribution in [3.05, 3.63) is 44.3 Å². The fraction of sp³-hybridized carbons (Fsp3) is 0.455. The molecule has 0 unspecified atom stereocenters. The molecule has 1 N–H and O–H groups in total. The minimum absolute atomic E-state index is 0.134. The summed E-state index contributed by atoms with van der Waals surface area (Å²) in [4.78, 5) is 0. The van der Waals surface area contributed by atoms with Crippen molar-refractivity contribution < 1.29 is 33.5 Å². The maximum absolute atomic E-state index is 11.7. The molecule has 9 heteroatoms. The molecule has 4 atom stereocenters. The van der Waals surface area contributed by atoms with Crippen molar-refractivity contribution >= 4 is 31.9 Å². The molecular formula is C22H24Br2O7. The van der Waals surface area contributed by atoms with E-state index < -0.39 is 11.7 Å². The monoisotopic (exact) mass is 558 g/mol. The Morgan fingerprint density at radius 2 is 1.29 bits per heavy atom. The van der Waals surface area contributed by atoms with Crippen LogP contribution in [0.1, 0.15) is 23.3 Å². The van der Waals surface area contributed by atoms with Gasteiger partial charge in [0.15, 0.2) is 23.0 Å². The molecule has 31 heavy (non-hydrogen) atoms. The Labute approximate surface area is 197 Å². The lowest BCUT2D eigenvalue weighted by Gasteiger charge is -2.28. The van der Waals surface area contributed by atoms with E-state index in [9.17, 15) is 5.11 Å². The number of aliphatic hydroxyl groups is 1. The standard InChI is InChI=1S/C22H24Br2O7/c1-26-16-5-11(14(23)7-18(16)28-3)20-13-9-30-21(22(13,25)10-31-20)12-6-17(27-2)19(29-4)8-15(12)24/h5-8,13,20-21,25H,9-10H2,1-4H3/t13-,20-,21-,22-/m0/s1. The van der Waals surface area contributed by atoms with Crippen LogP contribution in [0.15, 0.2) is 33.2 Å². The van der Waals surface area contributed by atoms with Crippen molar-refractivity contribution in [2.75, 3.05) is 41.7 Å². The third-order valence-electron chi connectivity index (χ3n) is 5.99. The van der Waals surface area contributed by atoms with Crippen LogP contribution in [0, 0.1) is 5.92 Å². The minimum atomic E-state index is -1.21. The number of ether oxygens (including phenoxy) is 6. The largest absolute Gasteiger partial charge is 0.493 e. The van der Waals surface area contributed by atoms with Gasteiger partial charge in [0.05, 0.1) is 47.8 Å². The van der Waals surface area contributed by atoms with Gasteiger partial charge in [-0.25, -0.2) is 0 Å². The van der Waals surface area contributed by atoms with Crippen molar-refractivity contribution in [2.24, 2.45) is 5.92 Å². The van der Waals surface area contributed by atoms with E-state index in [1.165, 1.54) is 0 Å². The Hall–Kier alpha value is -1.52. The van der Waals surface area contributed by atoms with E-state index in [2.05, 4.69) is 31.9 Å². The van der Waals surface area contributed by atoms with Crippen LogP contribution in [0.5, 0.6) is 23.0 Å². The zero-order valence-electron chi connectivity index (χ0n) is 17.6. The zero-order chi connectivity index (χ0) is 22.3. The molecule has 0 amide bonds. The van der Waals surface area contributed by atoms with Crippen LogP contribution in [-0.4, -0.2) is 52.4 Å². The van der Waals surface area contributed by atoms with E-state index in [0.29, 0.717) is 29.6 Å². The molecule has 0 aromatic heterocycles. The quantitative estimate of drug-likeness (QED) is 0.561. The molecule has 0 spiro atoms. The molecule has 0 saturated carbocycles. The number of methoxy groups -OCH3 is 4. The van der Waals surface area contributed by atoms with Crippen LogP contribution < -0.4 is 18.9 Å². The van der Waals surface area contributed by atoms with Crippen LogP contribution in [0.3, 0.4) is 0 Å². The van der Waals surface area contributed by atoms with Gasteiger partial charge < -0.3 is 33.5 Å². The molecule has 0 radical (unpaired) electrons. The Morgan fingerprint density at radius 1 is 0.806 bits per heavy atom. The molecular weight excluding hydrogens is 536 g/mol. The number of fused-ring (bicyclic) bond motifs is 1. The highest BCUT2D eigenvalue weighted by Crippen LogP contribution is 2.56.